The van der Waals surface area contributed by atoms with Crippen molar-refractivity contribution in [3.8, 4) is 0 Å². The van der Waals surface area contributed by atoms with Crippen LogP contribution in [-0.2, 0) is 11.3 Å². The van der Waals surface area contributed by atoms with Crippen molar-refractivity contribution in [3.63, 3.8) is 0 Å². The van der Waals surface area contributed by atoms with Crippen LogP contribution in [0.4, 0.5) is 0 Å². The highest BCUT2D eigenvalue weighted by molar-refractivity contribution is 5.22. The summed E-state index contributed by atoms with van der Waals surface area (Å²) in [5, 5.41) is 3.46. The largest absolute Gasteiger partial charge is 0.367 e. The summed E-state index contributed by atoms with van der Waals surface area (Å²) in [7, 11) is 0. The second kappa shape index (κ2) is 8.98. The highest BCUT2D eigenvalue weighted by Gasteiger charge is 2.20. The first kappa shape index (κ1) is 16.2. The Morgan fingerprint density at radius 1 is 0.955 bits per heavy atom. The summed E-state index contributed by atoms with van der Waals surface area (Å²) in [4.78, 5) is 0. The van der Waals surface area contributed by atoms with Gasteiger partial charge in [0.05, 0.1) is 18.8 Å². The molecule has 0 aliphatic heterocycles. The van der Waals surface area contributed by atoms with Gasteiger partial charge >= 0.3 is 0 Å². The average Bonchev–Trinajstić information content (AvgIpc) is 2.59. The van der Waals surface area contributed by atoms with Gasteiger partial charge in [-0.25, -0.2) is 0 Å². The van der Waals surface area contributed by atoms with Gasteiger partial charge in [-0.2, -0.15) is 0 Å². The lowest BCUT2D eigenvalue weighted by Gasteiger charge is -2.26. The molecule has 0 amide bonds. The van der Waals surface area contributed by atoms with Crippen molar-refractivity contribution in [2.75, 3.05) is 6.54 Å². The van der Waals surface area contributed by atoms with E-state index < -0.39 is 0 Å². The summed E-state index contributed by atoms with van der Waals surface area (Å²) in [5.41, 5.74) is 2.34. The van der Waals surface area contributed by atoms with Gasteiger partial charge in [0.25, 0.3) is 0 Å². The fourth-order valence-electron chi connectivity index (χ4n) is 2.36. The lowest BCUT2D eigenvalue weighted by Crippen LogP contribution is -2.32. The quantitative estimate of drug-likeness (QED) is 0.697. The van der Waals surface area contributed by atoms with Crippen LogP contribution in [0.3, 0.4) is 0 Å². The van der Waals surface area contributed by atoms with Gasteiger partial charge in [-0.3, -0.25) is 0 Å². The Kier molecular flexibility index (Phi) is 6.62. The third kappa shape index (κ3) is 4.69. The molecule has 0 fully saturated rings. The van der Waals surface area contributed by atoms with Gasteiger partial charge < -0.3 is 10.1 Å². The van der Waals surface area contributed by atoms with Gasteiger partial charge in [0.15, 0.2) is 0 Å². The molecule has 0 aliphatic carbocycles. The Labute approximate surface area is 133 Å². The van der Waals surface area contributed by atoms with Crippen LogP contribution in [0.1, 0.15) is 17.2 Å². The first-order valence-corrected chi connectivity index (χ1v) is 7.52. The van der Waals surface area contributed by atoms with Crippen molar-refractivity contribution in [2.45, 2.75) is 18.8 Å². The van der Waals surface area contributed by atoms with Crippen LogP contribution >= 0.6 is 0 Å². The number of hydrogen-bond donors (Lipinski definition) is 1. The molecule has 0 aromatic heterocycles. The molecule has 0 bridgehead atoms. The van der Waals surface area contributed by atoms with E-state index in [4.69, 9.17) is 4.74 Å². The maximum Gasteiger partial charge on any atom is 0.0952 e. The number of nitrogens with one attached hydrogen (secondary N) is 1. The first-order valence-electron chi connectivity index (χ1n) is 7.52. The van der Waals surface area contributed by atoms with Crippen LogP contribution in [0.15, 0.2) is 86.0 Å². The van der Waals surface area contributed by atoms with Crippen LogP contribution in [0.5, 0.6) is 0 Å². The highest BCUT2D eigenvalue weighted by atomic mass is 16.5. The molecule has 0 unspecified atom stereocenters. The van der Waals surface area contributed by atoms with Gasteiger partial charge in [0.1, 0.15) is 0 Å². The number of ether oxygens (including phenoxy) is 1. The zero-order chi connectivity index (χ0) is 15.6. The second-order valence-corrected chi connectivity index (χ2v) is 5.08. The molecule has 0 spiro atoms. The van der Waals surface area contributed by atoms with Crippen LogP contribution in [-0.4, -0.2) is 12.6 Å². The van der Waals surface area contributed by atoms with E-state index in [9.17, 15) is 0 Å². The minimum absolute atomic E-state index is 0.0559. The Balaban J connectivity index is 2.09. The van der Waals surface area contributed by atoms with Crippen LogP contribution in [0.2, 0.25) is 0 Å². The summed E-state index contributed by atoms with van der Waals surface area (Å²) in [6, 6.07) is 20.5. The normalized spacial score (nSPS) is 13.3. The topological polar surface area (TPSA) is 21.3 Å². The van der Waals surface area contributed by atoms with Crippen molar-refractivity contribution >= 4 is 0 Å². The summed E-state index contributed by atoms with van der Waals surface area (Å²) in [5.74, 6) is 0. The zero-order valence-corrected chi connectivity index (χ0v) is 12.8. The molecule has 0 heterocycles. The maximum absolute atomic E-state index is 6.08. The minimum atomic E-state index is -0.109. The Hall–Kier alpha value is -2.16. The van der Waals surface area contributed by atoms with Crippen molar-refractivity contribution < 1.29 is 4.74 Å². The monoisotopic (exact) mass is 293 g/mol. The minimum Gasteiger partial charge on any atom is -0.367 e. The maximum atomic E-state index is 6.08. The lowest BCUT2D eigenvalue weighted by atomic mass is 10.0. The van der Waals surface area contributed by atoms with Crippen LogP contribution < -0.4 is 5.32 Å². The average molecular weight is 293 g/mol. The molecule has 2 aromatic rings. The van der Waals surface area contributed by atoms with E-state index in [1.165, 1.54) is 5.56 Å². The zero-order valence-electron chi connectivity index (χ0n) is 12.8. The summed E-state index contributed by atoms with van der Waals surface area (Å²) in [6.45, 7) is 9.00. The predicted molar refractivity (Wildman–Crippen MR) is 92.6 cm³/mol. The van der Waals surface area contributed by atoms with Crippen LogP contribution in [0, 0.1) is 0 Å². The first-order chi connectivity index (χ1) is 10.8. The molecule has 1 N–H and O–H groups in total. The van der Waals surface area contributed by atoms with E-state index >= 15 is 0 Å². The molecule has 114 valence electrons. The van der Waals surface area contributed by atoms with Crippen LogP contribution in [0.25, 0.3) is 0 Å². The summed E-state index contributed by atoms with van der Waals surface area (Å²) in [6.07, 6.45) is 3.60. The molecule has 0 saturated heterocycles. The Morgan fingerprint density at radius 2 is 1.59 bits per heavy atom. The highest BCUT2D eigenvalue weighted by Crippen LogP contribution is 2.21. The SMILES string of the molecule is C=CCN[C@@H](c1ccccc1)[C@H](C=C)OCc1ccccc1. The number of benzene rings is 2. The summed E-state index contributed by atoms with van der Waals surface area (Å²) < 4.78 is 6.08. The lowest BCUT2D eigenvalue weighted by molar-refractivity contribution is 0.0466. The molecule has 2 heteroatoms. The Bertz CT molecular complexity index is 565. The number of rotatable bonds is 9. The Morgan fingerprint density at radius 3 is 2.18 bits per heavy atom. The molecule has 2 rings (SSSR count). The molecule has 22 heavy (non-hydrogen) atoms. The molecule has 0 radical (unpaired) electrons. The van der Waals surface area contributed by atoms with E-state index in [0.29, 0.717) is 6.61 Å². The van der Waals surface area contributed by atoms with E-state index in [1.807, 2.05) is 48.6 Å². The van der Waals surface area contributed by atoms with E-state index in [2.05, 4.69) is 42.7 Å². The van der Waals surface area contributed by atoms with Gasteiger partial charge in [-0.05, 0) is 11.1 Å². The molecule has 0 aliphatic rings. The van der Waals surface area contributed by atoms with Gasteiger partial charge in [-0.15, -0.1) is 13.2 Å². The molecule has 2 nitrogen and oxygen atoms in total. The summed E-state index contributed by atoms with van der Waals surface area (Å²) >= 11 is 0. The standard InChI is InChI=1S/C20H23NO/c1-3-15-21-20(18-13-9-6-10-14-18)19(4-2)22-16-17-11-7-5-8-12-17/h3-14,19-21H,1-2,15-16H2/t19-,20-/m0/s1. The van der Waals surface area contributed by atoms with E-state index in [0.717, 1.165) is 12.1 Å². The van der Waals surface area contributed by atoms with Crippen molar-refractivity contribution in [3.05, 3.63) is 97.1 Å². The predicted octanol–water partition coefficient (Wildman–Crippen LogP) is 4.27. The smallest absolute Gasteiger partial charge is 0.0952 e. The van der Waals surface area contributed by atoms with E-state index in [1.54, 1.807) is 0 Å². The third-order valence-electron chi connectivity index (χ3n) is 3.49. The molecule has 0 saturated carbocycles. The third-order valence-corrected chi connectivity index (χ3v) is 3.49. The molecule has 2 atom stereocenters. The van der Waals surface area contributed by atoms with Gasteiger partial charge in [0.2, 0.25) is 0 Å². The molecular formula is C20H23NO. The second-order valence-electron chi connectivity index (χ2n) is 5.08. The molecule has 2 aromatic carbocycles. The van der Waals surface area contributed by atoms with Crippen molar-refractivity contribution in [2.24, 2.45) is 0 Å². The fraction of sp³-hybridized carbons (Fsp3) is 0.200. The van der Waals surface area contributed by atoms with Crippen molar-refractivity contribution in [1.29, 1.82) is 0 Å². The fourth-order valence-corrected chi connectivity index (χ4v) is 2.36. The number of hydrogen-bond acceptors (Lipinski definition) is 2. The van der Waals surface area contributed by atoms with Gasteiger partial charge in [-0.1, -0.05) is 72.8 Å². The molecular weight excluding hydrogens is 270 g/mol. The van der Waals surface area contributed by atoms with Crippen molar-refractivity contribution in [1.82, 2.24) is 5.32 Å². The van der Waals surface area contributed by atoms with Gasteiger partial charge in [0, 0.05) is 6.54 Å². The van der Waals surface area contributed by atoms with E-state index in [-0.39, 0.29) is 12.1 Å².